The predicted octanol–water partition coefficient (Wildman–Crippen LogP) is -0.0230. The van der Waals surface area contributed by atoms with E-state index < -0.39 is 30.6 Å². The zero-order valence-corrected chi connectivity index (χ0v) is 14.9. The second kappa shape index (κ2) is 6.18. The van der Waals surface area contributed by atoms with E-state index in [2.05, 4.69) is 33.4 Å². The number of hydrogen-bond acceptors (Lipinski definition) is 6. The van der Waals surface area contributed by atoms with Crippen molar-refractivity contribution >= 4 is 28.6 Å². The highest BCUT2D eigenvalue weighted by atomic mass is 16.6. The number of nitrogens with zero attached hydrogens (tertiary/aromatic N) is 3. The van der Waals surface area contributed by atoms with Crippen LogP contribution in [0.5, 0.6) is 0 Å². The summed E-state index contributed by atoms with van der Waals surface area (Å²) in [5.74, 6) is 5.89. The lowest BCUT2D eigenvalue weighted by atomic mass is 9.96. The Labute approximate surface area is 156 Å². The number of aliphatic hydroxyl groups excluding tert-OH is 2. The van der Waals surface area contributed by atoms with Gasteiger partial charge in [-0.2, -0.15) is 0 Å². The molecule has 0 aromatic carbocycles. The van der Waals surface area contributed by atoms with E-state index in [0.29, 0.717) is 33.0 Å². The van der Waals surface area contributed by atoms with Gasteiger partial charge in [0.1, 0.15) is 36.8 Å². The Hall–Kier alpha value is -2.70. The van der Waals surface area contributed by atoms with Crippen LogP contribution in [0, 0.1) is 11.8 Å². The molecule has 140 valence electrons. The average Bonchev–Trinajstić information content (AvgIpc) is 3.05. The molecule has 0 saturated carbocycles. The van der Waals surface area contributed by atoms with Crippen LogP contribution in [-0.4, -0.2) is 59.3 Å². The Morgan fingerprint density at radius 1 is 1.52 bits per heavy atom. The number of H-pyrrole nitrogens is 1. The first-order valence-electron chi connectivity index (χ1n) is 8.94. The number of nitrogens with one attached hydrogen (secondary N) is 1. The Bertz CT molecular complexity index is 1200. The summed E-state index contributed by atoms with van der Waals surface area (Å²) in [5, 5.41) is 32.5. The minimum atomic E-state index is -1.69. The molecule has 1 aliphatic heterocycles. The number of ether oxygens (including phenoxy) is 1. The van der Waals surface area contributed by atoms with E-state index in [4.69, 9.17) is 6.11 Å². The van der Waals surface area contributed by atoms with Gasteiger partial charge in [0.15, 0.2) is 6.23 Å². The highest BCUT2D eigenvalue weighted by Crippen LogP contribution is 2.41. The standard InChI is InChI=1S/C19H20N4O4/c1-4-5-11-6-10(2)22-16-14-12(11)7-23(17(14)21-9-20-16)18-19(3,26)15(25)13(8-24)27-18/h6-7,9,13,15,18,24-26H,2,8H2,1,3H3,(H,20,21,22)/t13-,15-,18-,19+/m1/s1/i9T. The topological polar surface area (TPSA) is 116 Å². The molecular weight excluding hydrogens is 348 g/mol. The SMILES string of the molecule is [3H]c1nc2[nH]c(=C)cc(C#CC)c3cn([C@@H]4O[C@H](CO)[C@@H](O)[C@]4(C)O)c(n1)c23. The monoisotopic (exact) mass is 370 g/mol. The fourth-order valence-electron chi connectivity index (χ4n) is 3.58. The number of aliphatic hydroxyl groups is 3. The number of rotatable bonds is 2. The molecule has 4 heterocycles. The van der Waals surface area contributed by atoms with Crippen LogP contribution in [0.2, 0.25) is 0 Å². The first kappa shape index (κ1) is 16.5. The molecule has 27 heavy (non-hydrogen) atoms. The van der Waals surface area contributed by atoms with Gasteiger partial charge < -0.3 is 29.6 Å². The molecule has 0 amide bonds. The average molecular weight is 370 g/mol. The minimum Gasteiger partial charge on any atom is -0.394 e. The first-order chi connectivity index (χ1) is 13.3. The molecule has 3 aromatic heterocycles. The Balaban J connectivity index is 2.10. The van der Waals surface area contributed by atoms with Gasteiger partial charge in [-0.25, -0.2) is 9.97 Å². The molecule has 8 nitrogen and oxygen atoms in total. The predicted molar refractivity (Wildman–Crippen MR) is 99.1 cm³/mol. The third-order valence-electron chi connectivity index (χ3n) is 4.89. The fraction of sp³-hybridized carbons (Fsp3) is 0.368. The highest BCUT2D eigenvalue weighted by Gasteiger charge is 2.53. The summed E-state index contributed by atoms with van der Waals surface area (Å²) < 4.78 is 15.2. The highest BCUT2D eigenvalue weighted by molar-refractivity contribution is 6.06. The molecule has 1 aliphatic rings. The van der Waals surface area contributed by atoms with Gasteiger partial charge >= 0.3 is 0 Å². The van der Waals surface area contributed by atoms with Gasteiger partial charge in [0.25, 0.3) is 0 Å². The summed E-state index contributed by atoms with van der Waals surface area (Å²) in [4.78, 5) is 11.4. The van der Waals surface area contributed by atoms with Crippen molar-refractivity contribution in [1.29, 1.82) is 0 Å². The first-order valence-corrected chi connectivity index (χ1v) is 8.44. The van der Waals surface area contributed by atoms with Crippen LogP contribution < -0.4 is 5.35 Å². The van der Waals surface area contributed by atoms with Crippen LogP contribution in [0.3, 0.4) is 0 Å². The minimum absolute atomic E-state index is 0.226. The van der Waals surface area contributed by atoms with Gasteiger partial charge in [-0.05, 0) is 19.9 Å². The molecule has 0 bridgehead atoms. The van der Waals surface area contributed by atoms with Crippen molar-refractivity contribution in [2.75, 3.05) is 6.61 Å². The van der Waals surface area contributed by atoms with Crippen molar-refractivity contribution in [3.8, 4) is 11.8 Å². The molecule has 4 N–H and O–H groups in total. The van der Waals surface area contributed by atoms with E-state index in [1.54, 1.807) is 23.8 Å². The van der Waals surface area contributed by atoms with Crippen molar-refractivity contribution in [1.82, 2.24) is 19.5 Å². The summed E-state index contributed by atoms with van der Waals surface area (Å²) in [6, 6.07) is 1.76. The summed E-state index contributed by atoms with van der Waals surface area (Å²) in [7, 11) is 0. The molecule has 4 atom stereocenters. The smallest absolute Gasteiger partial charge is 0.167 e. The number of hydrogen-bond donors (Lipinski definition) is 4. The van der Waals surface area contributed by atoms with Crippen LogP contribution in [0.25, 0.3) is 28.6 Å². The van der Waals surface area contributed by atoms with Crippen LogP contribution in [0.1, 0.15) is 27.0 Å². The van der Waals surface area contributed by atoms with Gasteiger partial charge in [0, 0.05) is 22.5 Å². The van der Waals surface area contributed by atoms with Gasteiger partial charge in [0.2, 0.25) is 0 Å². The molecule has 3 aromatic rings. The molecule has 0 spiro atoms. The lowest BCUT2D eigenvalue weighted by Crippen LogP contribution is -2.44. The molecule has 0 aliphatic carbocycles. The lowest BCUT2D eigenvalue weighted by Gasteiger charge is -2.27. The summed E-state index contributed by atoms with van der Waals surface area (Å²) in [6.07, 6.45) is -1.80. The maximum Gasteiger partial charge on any atom is 0.167 e. The maximum atomic E-state index is 10.9. The zero-order valence-electron chi connectivity index (χ0n) is 15.9. The quantitative estimate of drug-likeness (QED) is 0.471. The lowest BCUT2D eigenvalue weighted by molar-refractivity contribution is -0.0947. The Morgan fingerprint density at radius 2 is 2.30 bits per heavy atom. The molecule has 1 fully saturated rings. The Morgan fingerprint density at radius 3 is 2.96 bits per heavy atom. The van der Waals surface area contributed by atoms with Crippen molar-refractivity contribution < 1.29 is 21.4 Å². The molecular formula is C19H20N4O4. The molecule has 1 saturated heterocycles. The maximum absolute atomic E-state index is 10.9. The fourth-order valence-corrected chi connectivity index (χ4v) is 3.58. The number of aromatic amines is 1. The molecule has 0 radical (unpaired) electrons. The summed E-state index contributed by atoms with van der Waals surface area (Å²) in [6.45, 7) is 6.63. The summed E-state index contributed by atoms with van der Waals surface area (Å²) in [5.41, 5.74) is -0.284. The van der Waals surface area contributed by atoms with E-state index in [-0.39, 0.29) is 6.30 Å². The normalized spacial score (nSPS) is 28.3. The molecule has 0 unspecified atom stereocenters. The van der Waals surface area contributed by atoms with Gasteiger partial charge in [0.05, 0.1) is 12.0 Å². The third-order valence-corrected chi connectivity index (χ3v) is 4.89. The van der Waals surface area contributed by atoms with Gasteiger partial charge in [-0.1, -0.05) is 12.5 Å². The van der Waals surface area contributed by atoms with Crippen LogP contribution >= 0.6 is 0 Å². The van der Waals surface area contributed by atoms with E-state index in [9.17, 15) is 15.3 Å². The van der Waals surface area contributed by atoms with Crippen LogP contribution in [0.15, 0.2) is 18.6 Å². The van der Waals surface area contributed by atoms with Crippen molar-refractivity contribution in [3.63, 3.8) is 0 Å². The summed E-state index contributed by atoms with van der Waals surface area (Å²) >= 11 is 0. The molecule has 4 rings (SSSR count). The van der Waals surface area contributed by atoms with E-state index in [1.165, 1.54) is 6.92 Å². The largest absolute Gasteiger partial charge is 0.394 e. The van der Waals surface area contributed by atoms with Crippen molar-refractivity contribution in [2.45, 2.75) is 37.9 Å². The second-order valence-corrected chi connectivity index (χ2v) is 6.78. The van der Waals surface area contributed by atoms with Crippen molar-refractivity contribution in [2.24, 2.45) is 0 Å². The third kappa shape index (κ3) is 2.56. The van der Waals surface area contributed by atoms with E-state index in [1.807, 2.05) is 0 Å². The second-order valence-electron chi connectivity index (χ2n) is 6.78. The van der Waals surface area contributed by atoms with Gasteiger partial charge in [-0.3, -0.25) is 0 Å². The van der Waals surface area contributed by atoms with E-state index in [0.717, 1.165) is 0 Å². The Kier molecular flexibility index (Phi) is 3.77. The van der Waals surface area contributed by atoms with Crippen LogP contribution in [-0.2, 0) is 4.74 Å². The zero-order chi connectivity index (χ0) is 20.2. The number of aromatic nitrogens is 4. The molecule has 8 heteroatoms. The van der Waals surface area contributed by atoms with Crippen molar-refractivity contribution in [3.05, 3.63) is 29.5 Å². The van der Waals surface area contributed by atoms with E-state index >= 15 is 0 Å². The van der Waals surface area contributed by atoms with Crippen LogP contribution in [0.4, 0.5) is 0 Å². The van der Waals surface area contributed by atoms with Gasteiger partial charge in [-0.15, -0.1) is 5.92 Å².